The number of alkyl halides is 2. The summed E-state index contributed by atoms with van der Waals surface area (Å²) in [6.07, 6.45) is 0.791. The summed E-state index contributed by atoms with van der Waals surface area (Å²) in [6, 6.07) is 6.86. The summed E-state index contributed by atoms with van der Waals surface area (Å²) >= 11 is 0. The van der Waals surface area contributed by atoms with Crippen LogP contribution < -0.4 is 20.1 Å². The number of hydrogen-bond donors (Lipinski definition) is 2. The molecule has 0 atom stereocenters. The van der Waals surface area contributed by atoms with E-state index in [1.54, 1.807) is 32.2 Å². The summed E-state index contributed by atoms with van der Waals surface area (Å²) in [6.45, 7) is 1.78. The zero-order valence-electron chi connectivity index (χ0n) is 16.0. The molecular formula is C18H25F2IN4O3. The summed E-state index contributed by atoms with van der Waals surface area (Å²) in [5.41, 5.74) is 1.40. The number of para-hydroxylation sites is 1. The fraction of sp³-hybridized carbons (Fsp3) is 0.444. The fourth-order valence-electron chi connectivity index (χ4n) is 2.37. The highest BCUT2D eigenvalue weighted by Crippen LogP contribution is 2.32. The van der Waals surface area contributed by atoms with Gasteiger partial charge in [0.1, 0.15) is 0 Å². The second-order valence-electron chi connectivity index (χ2n) is 5.47. The van der Waals surface area contributed by atoms with Crippen molar-refractivity contribution in [3.05, 3.63) is 41.3 Å². The van der Waals surface area contributed by atoms with Crippen LogP contribution in [0.2, 0.25) is 0 Å². The first-order chi connectivity index (χ1) is 13.1. The first-order valence-electron chi connectivity index (χ1n) is 8.65. The van der Waals surface area contributed by atoms with Crippen LogP contribution in [0.3, 0.4) is 0 Å². The molecule has 0 radical (unpaired) electrons. The van der Waals surface area contributed by atoms with Crippen molar-refractivity contribution in [3.63, 3.8) is 0 Å². The van der Waals surface area contributed by atoms with Crippen molar-refractivity contribution < 1.29 is 22.8 Å². The minimum atomic E-state index is -2.94. The van der Waals surface area contributed by atoms with Gasteiger partial charge in [0, 0.05) is 25.2 Å². The molecule has 2 N–H and O–H groups in total. The highest BCUT2D eigenvalue weighted by Gasteiger charge is 2.16. The zero-order chi connectivity index (χ0) is 19.6. The van der Waals surface area contributed by atoms with Crippen molar-refractivity contribution in [1.82, 2.24) is 15.8 Å². The third-order valence-corrected chi connectivity index (χ3v) is 3.64. The van der Waals surface area contributed by atoms with E-state index in [4.69, 9.17) is 9.26 Å². The summed E-state index contributed by atoms with van der Waals surface area (Å²) in [5.74, 6) is 1.44. The van der Waals surface area contributed by atoms with Crippen molar-refractivity contribution in [1.29, 1.82) is 0 Å². The van der Waals surface area contributed by atoms with E-state index in [0.29, 0.717) is 30.4 Å². The number of nitrogens with zero attached hydrogens (tertiary/aromatic N) is 2. The predicted molar refractivity (Wildman–Crippen MR) is 113 cm³/mol. The smallest absolute Gasteiger partial charge is 0.387 e. The lowest BCUT2D eigenvalue weighted by molar-refractivity contribution is -0.0520. The fourth-order valence-corrected chi connectivity index (χ4v) is 2.37. The Labute approximate surface area is 179 Å². The number of rotatable bonds is 9. The number of benzene rings is 1. The first-order valence-corrected chi connectivity index (χ1v) is 8.65. The van der Waals surface area contributed by atoms with Crippen LogP contribution in [0, 0.1) is 0 Å². The molecule has 2 rings (SSSR count). The van der Waals surface area contributed by atoms with E-state index in [1.165, 1.54) is 0 Å². The maximum absolute atomic E-state index is 12.8. The second-order valence-corrected chi connectivity index (χ2v) is 5.47. The molecule has 10 heteroatoms. The zero-order valence-corrected chi connectivity index (χ0v) is 18.3. The number of aliphatic imine (C=N–C) groups is 1. The lowest BCUT2D eigenvalue weighted by Gasteiger charge is -2.17. The molecule has 0 saturated carbocycles. The molecule has 0 aliphatic rings. The molecule has 0 fully saturated rings. The number of aromatic nitrogens is 1. The van der Waals surface area contributed by atoms with Gasteiger partial charge in [-0.05, 0) is 19.4 Å². The number of hydrogen-bond acceptors (Lipinski definition) is 5. The van der Waals surface area contributed by atoms with E-state index >= 15 is 0 Å². The first kappa shape index (κ1) is 23.9. The van der Waals surface area contributed by atoms with Gasteiger partial charge in [0.25, 0.3) is 0 Å². The van der Waals surface area contributed by atoms with Crippen molar-refractivity contribution in [2.75, 3.05) is 13.7 Å². The molecule has 1 aromatic heterocycles. The largest absolute Gasteiger partial charge is 0.490 e. The summed E-state index contributed by atoms with van der Waals surface area (Å²) < 4.78 is 40.8. The Hall–Kier alpha value is -2.11. The lowest BCUT2D eigenvalue weighted by Crippen LogP contribution is -2.36. The Bertz CT molecular complexity index is 756. The normalized spacial score (nSPS) is 11.1. The third-order valence-electron chi connectivity index (χ3n) is 3.64. The molecule has 0 bridgehead atoms. The topological polar surface area (TPSA) is 80.9 Å². The van der Waals surface area contributed by atoms with Crippen LogP contribution in [0.4, 0.5) is 8.78 Å². The maximum atomic E-state index is 12.8. The molecular weight excluding hydrogens is 485 g/mol. The highest BCUT2D eigenvalue weighted by molar-refractivity contribution is 14.0. The summed E-state index contributed by atoms with van der Waals surface area (Å²) in [4.78, 5) is 4.11. The van der Waals surface area contributed by atoms with Crippen LogP contribution in [0.5, 0.6) is 11.5 Å². The van der Waals surface area contributed by atoms with Crippen LogP contribution in [-0.2, 0) is 19.5 Å². The Kier molecular flexibility index (Phi) is 10.6. The molecule has 0 saturated heterocycles. The van der Waals surface area contributed by atoms with E-state index in [9.17, 15) is 8.78 Å². The van der Waals surface area contributed by atoms with Gasteiger partial charge in [-0.25, -0.2) is 0 Å². The van der Waals surface area contributed by atoms with Crippen molar-refractivity contribution in [3.8, 4) is 11.5 Å². The van der Waals surface area contributed by atoms with Gasteiger partial charge in [0.15, 0.2) is 23.2 Å². The molecule has 0 aliphatic heterocycles. The SMILES string of the molecule is CCOc1cccc(CNC(=NC)NCc2cc(CC)no2)c1OC(F)F.I. The van der Waals surface area contributed by atoms with E-state index in [-0.39, 0.29) is 42.0 Å². The molecule has 0 unspecified atom stereocenters. The molecule has 1 aromatic carbocycles. The van der Waals surface area contributed by atoms with Crippen molar-refractivity contribution in [2.24, 2.45) is 4.99 Å². The predicted octanol–water partition coefficient (Wildman–Crippen LogP) is 3.72. The van der Waals surface area contributed by atoms with Crippen molar-refractivity contribution >= 4 is 29.9 Å². The number of ether oxygens (including phenoxy) is 2. The quantitative estimate of drug-likeness (QED) is 0.304. The average molecular weight is 510 g/mol. The third kappa shape index (κ3) is 7.13. The second kappa shape index (κ2) is 12.4. The van der Waals surface area contributed by atoms with Gasteiger partial charge in [0.2, 0.25) is 0 Å². The van der Waals surface area contributed by atoms with Gasteiger partial charge in [-0.2, -0.15) is 8.78 Å². The average Bonchev–Trinajstić information content (AvgIpc) is 3.12. The van der Waals surface area contributed by atoms with Crippen LogP contribution in [0.25, 0.3) is 0 Å². The van der Waals surface area contributed by atoms with Crippen LogP contribution in [-0.4, -0.2) is 31.4 Å². The Morgan fingerprint density at radius 3 is 2.61 bits per heavy atom. The van der Waals surface area contributed by atoms with Crippen molar-refractivity contribution in [2.45, 2.75) is 40.0 Å². The number of halogens is 3. The Morgan fingerprint density at radius 2 is 2.00 bits per heavy atom. The van der Waals surface area contributed by atoms with Gasteiger partial charge < -0.3 is 24.6 Å². The van der Waals surface area contributed by atoms with Gasteiger partial charge >= 0.3 is 6.61 Å². The van der Waals surface area contributed by atoms with E-state index in [1.807, 2.05) is 13.0 Å². The highest BCUT2D eigenvalue weighted by atomic mass is 127. The van der Waals surface area contributed by atoms with Crippen LogP contribution >= 0.6 is 24.0 Å². The van der Waals surface area contributed by atoms with Crippen LogP contribution in [0.15, 0.2) is 33.8 Å². The summed E-state index contributed by atoms with van der Waals surface area (Å²) in [5, 5.41) is 10.1. The molecule has 28 heavy (non-hydrogen) atoms. The molecule has 156 valence electrons. The molecule has 7 nitrogen and oxygen atoms in total. The Balaban J connectivity index is 0.00000392. The molecule has 0 aliphatic carbocycles. The molecule has 0 amide bonds. The van der Waals surface area contributed by atoms with Gasteiger partial charge in [0.05, 0.1) is 18.8 Å². The standard InChI is InChI=1S/C18H24F2N4O3.HI/c1-4-13-9-14(27-24-13)11-23-18(21-3)22-10-12-7-6-8-15(25-5-2)16(12)26-17(19)20;/h6-9,17H,4-5,10-11H2,1-3H3,(H2,21,22,23);1H. The monoisotopic (exact) mass is 510 g/mol. The Morgan fingerprint density at radius 1 is 1.25 bits per heavy atom. The minimum absolute atomic E-state index is 0. The van der Waals surface area contributed by atoms with E-state index in [0.717, 1.165) is 12.1 Å². The van der Waals surface area contributed by atoms with Gasteiger partial charge in [-0.1, -0.05) is 24.2 Å². The number of aryl methyl sites for hydroxylation is 1. The lowest BCUT2D eigenvalue weighted by atomic mass is 10.2. The van der Waals surface area contributed by atoms with E-state index in [2.05, 4.69) is 25.5 Å². The molecule has 1 heterocycles. The van der Waals surface area contributed by atoms with Gasteiger partial charge in [-0.3, -0.25) is 4.99 Å². The maximum Gasteiger partial charge on any atom is 0.387 e. The number of nitrogens with one attached hydrogen (secondary N) is 2. The van der Waals surface area contributed by atoms with Crippen LogP contribution in [0.1, 0.15) is 30.9 Å². The molecule has 2 aromatic rings. The summed E-state index contributed by atoms with van der Waals surface area (Å²) in [7, 11) is 1.61. The van der Waals surface area contributed by atoms with Gasteiger partial charge in [-0.15, -0.1) is 24.0 Å². The van der Waals surface area contributed by atoms with E-state index < -0.39 is 6.61 Å². The minimum Gasteiger partial charge on any atom is -0.490 e. The molecule has 0 spiro atoms. The number of guanidine groups is 1.